The van der Waals surface area contributed by atoms with Crippen LogP contribution in [0.15, 0.2) is 57.9 Å². The highest BCUT2D eigenvalue weighted by molar-refractivity contribution is 9.10. The van der Waals surface area contributed by atoms with Crippen LogP contribution in [0, 0.1) is 0 Å². The normalized spacial score (nSPS) is 11.4. The molecule has 2 heterocycles. The second-order valence-corrected chi connectivity index (χ2v) is 6.55. The van der Waals surface area contributed by atoms with Crippen LogP contribution in [-0.4, -0.2) is 22.0 Å². The van der Waals surface area contributed by atoms with Crippen LogP contribution in [-0.2, 0) is 22.3 Å². The number of aromatic nitrogens is 2. The zero-order valence-electron chi connectivity index (χ0n) is 14.1. The van der Waals surface area contributed by atoms with E-state index >= 15 is 0 Å². The molecule has 0 aliphatic heterocycles. The van der Waals surface area contributed by atoms with Crippen molar-refractivity contribution in [1.29, 1.82) is 0 Å². The van der Waals surface area contributed by atoms with E-state index in [0.29, 0.717) is 10.1 Å². The van der Waals surface area contributed by atoms with Gasteiger partial charge in [0.1, 0.15) is 18.0 Å². The Labute approximate surface area is 164 Å². The molecule has 0 saturated carbocycles. The molecule has 0 fully saturated rings. The summed E-state index contributed by atoms with van der Waals surface area (Å²) in [5.41, 5.74) is -0.620. The van der Waals surface area contributed by atoms with Crippen molar-refractivity contribution < 1.29 is 27.4 Å². The minimum atomic E-state index is -4.51. The minimum absolute atomic E-state index is 0.112. The highest BCUT2D eigenvalue weighted by Gasteiger charge is 2.30. The third-order valence-electron chi connectivity index (χ3n) is 3.58. The summed E-state index contributed by atoms with van der Waals surface area (Å²) in [5.74, 6) is -0.922. The monoisotopic (exact) mass is 456 g/mol. The first-order chi connectivity index (χ1) is 13.2. The van der Waals surface area contributed by atoms with Gasteiger partial charge in [-0.05, 0) is 46.3 Å². The largest absolute Gasteiger partial charge is 0.482 e. The molecule has 0 spiro atoms. The molecule has 3 aromatic rings. The zero-order chi connectivity index (χ0) is 20.3. The van der Waals surface area contributed by atoms with E-state index in [1.54, 1.807) is 18.3 Å². The topological polar surface area (TPSA) is 69.9 Å². The highest BCUT2D eigenvalue weighted by Crippen LogP contribution is 2.31. The Bertz CT molecular complexity index is 1080. The first-order valence-corrected chi connectivity index (χ1v) is 8.65. The number of benzene rings is 1. The van der Waals surface area contributed by atoms with Gasteiger partial charge in [-0.25, -0.2) is 9.78 Å². The predicted octanol–water partition coefficient (Wildman–Crippen LogP) is 3.60. The molecule has 0 amide bonds. The Morgan fingerprint density at radius 3 is 2.71 bits per heavy atom. The van der Waals surface area contributed by atoms with Gasteiger partial charge in [0.15, 0.2) is 6.61 Å². The van der Waals surface area contributed by atoms with Crippen molar-refractivity contribution in [3.05, 3.63) is 74.7 Å². The smallest absolute Gasteiger partial charge is 0.416 e. The molecule has 0 atom stereocenters. The van der Waals surface area contributed by atoms with Crippen LogP contribution in [0.1, 0.15) is 11.3 Å². The Morgan fingerprint density at radius 1 is 1.18 bits per heavy atom. The summed E-state index contributed by atoms with van der Waals surface area (Å²) in [7, 11) is 0. The third-order valence-corrected chi connectivity index (χ3v) is 4.04. The molecule has 0 bridgehead atoms. The van der Waals surface area contributed by atoms with Crippen LogP contribution < -0.4 is 10.3 Å². The summed E-state index contributed by atoms with van der Waals surface area (Å²) in [6, 6.07) is 8.71. The first kappa shape index (κ1) is 19.9. The van der Waals surface area contributed by atoms with Gasteiger partial charge in [-0.2, -0.15) is 13.2 Å². The van der Waals surface area contributed by atoms with Crippen molar-refractivity contribution in [1.82, 2.24) is 9.38 Å². The van der Waals surface area contributed by atoms with Crippen LogP contribution in [0.4, 0.5) is 13.2 Å². The van der Waals surface area contributed by atoms with Gasteiger partial charge >= 0.3 is 12.1 Å². The molecular weight excluding hydrogens is 445 g/mol. The Morgan fingerprint density at radius 2 is 1.96 bits per heavy atom. The molecule has 0 aliphatic rings. The molecule has 1 aromatic carbocycles. The van der Waals surface area contributed by atoms with Crippen molar-refractivity contribution in [2.24, 2.45) is 0 Å². The number of nitrogens with zero attached hydrogens (tertiary/aromatic N) is 2. The van der Waals surface area contributed by atoms with Crippen molar-refractivity contribution in [2.45, 2.75) is 12.8 Å². The second kappa shape index (κ2) is 8.01. The molecule has 2 aromatic heterocycles. The molecular formula is C18H12BrF3N2O4. The standard InChI is InChI=1S/C18H12BrF3N2O4/c19-12-4-5-15-23-13(7-16(25)24(15)8-12)9-28-17(26)10-27-14-3-1-2-11(6-14)18(20,21)22/h1-8H,9-10H2. The number of hydrogen-bond acceptors (Lipinski definition) is 5. The van der Waals surface area contributed by atoms with Crippen molar-refractivity contribution >= 4 is 27.5 Å². The number of carbonyl (C=O) groups excluding carboxylic acids is 1. The van der Waals surface area contributed by atoms with E-state index in [1.165, 1.54) is 22.6 Å². The summed E-state index contributed by atoms with van der Waals surface area (Å²) in [6.07, 6.45) is -2.95. The molecule has 6 nitrogen and oxygen atoms in total. The molecule has 0 saturated heterocycles. The lowest BCUT2D eigenvalue weighted by Crippen LogP contribution is -2.18. The van der Waals surface area contributed by atoms with Crippen molar-refractivity contribution in [3.63, 3.8) is 0 Å². The SMILES string of the molecule is O=C(COc1cccc(C(F)(F)F)c1)OCc1cc(=O)n2cc(Br)ccc2n1. The molecule has 3 rings (SSSR count). The number of ether oxygens (including phenoxy) is 2. The Kier molecular flexibility index (Phi) is 5.68. The van der Waals surface area contributed by atoms with Gasteiger partial charge in [-0.15, -0.1) is 0 Å². The molecule has 0 radical (unpaired) electrons. The number of hydrogen-bond donors (Lipinski definition) is 0. The van der Waals surface area contributed by atoms with Gasteiger partial charge in [-0.3, -0.25) is 9.20 Å². The fraction of sp³-hybridized carbons (Fsp3) is 0.167. The Balaban J connectivity index is 1.60. The number of esters is 1. The molecule has 0 N–H and O–H groups in total. The number of halogens is 4. The minimum Gasteiger partial charge on any atom is -0.482 e. The van der Waals surface area contributed by atoms with Crippen LogP contribution in [0.2, 0.25) is 0 Å². The zero-order valence-corrected chi connectivity index (χ0v) is 15.7. The summed E-state index contributed by atoms with van der Waals surface area (Å²) in [6.45, 7) is -0.854. The quantitative estimate of drug-likeness (QED) is 0.548. The maximum absolute atomic E-state index is 12.7. The lowest BCUT2D eigenvalue weighted by Gasteiger charge is -2.10. The number of rotatable bonds is 5. The number of pyridine rings is 1. The number of alkyl halides is 3. The summed E-state index contributed by atoms with van der Waals surface area (Å²) < 4.78 is 50.0. The van der Waals surface area contributed by atoms with Crippen molar-refractivity contribution in [3.8, 4) is 5.75 Å². The van der Waals surface area contributed by atoms with Gasteiger partial charge < -0.3 is 9.47 Å². The van der Waals surface area contributed by atoms with E-state index in [9.17, 15) is 22.8 Å². The molecule has 0 unspecified atom stereocenters. The van der Waals surface area contributed by atoms with E-state index in [1.807, 2.05) is 0 Å². The van der Waals surface area contributed by atoms with Gasteiger partial charge in [0.2, 0.25) is 0 Å². The average Bonchev–Trinajstić information content (AvgIpc) is 2.65. The van der Waals surface area contributed by atoms with Crippen LogP contribution >= 0.6 is 15.9 Å². The average molecular weight is 457 g/mol. The fourth-order valence-corrected chi connectivity index (χ4v) is 2.64. The van der Waals surface area contributed by atoms with Crippen LogP contribution in [0.5, 0.6) is 5.75 Å². The molecule has 0 aliphatic carbocycles. The van der Waals surface area contributed by atoms with Crippen LogP contribution in [0.3, 0.4) is 0 Å². The summed E-state index contributed by atoms with van der Waals surface area (Å²) in [4.78, 5) is 28.0. The fourth-order valence-electron chi connectivity index (χ4n) is 2.30. The van der Waals surface area contributed by atoms with E-state index in [4.69, 9.17) is 9.47 Å². The highest BCUT2D eigenvalue weighted by atomic mass is 79.9. The van der Waals surface area contributed by atoms with E-state index in [0.717, 1.165) is 12.1 Å². The van der Waals surface area contributed by atoms with E-state index in [-0.39, 0.29) is 23.6 Å². The van der Waals surface area contributed by atoms with Gasteiger partial charge in [0, 0.05) is 16.7 Å². The summed E-state index contributed by atoms with van der Waals surface area (Å²) in [5, 5.41) is 0. The van der Waals surface area contributed by atoms with Gasteiger partial charge in [0.05, 0.1) is 11.3 Å². The van der Waals surface area contributed by atoms with E-state index < -0.39 is 24.3 Å². The summed E-state index contributed by atoms with van der Waals surface area (Å²) >= 11 is 3.25. The second-order valence-electron chi connectivity index (χ2n) is 5.64. The molecule has 28 heavy (non-hydrogen) atoms. The van der Waals surface area contributed by atoms with Gasteiger partial charge in [-0.1, -0.05) is 6.07 Å². The van der Waals surface area contributed by atoms with Crippen LogP contribution in [0.25, 0.3) is 5.65 Å². The van der Waals surface area contributed by atoms with Gasteiger partial charge in [0.25, 0.3) is 5.56 Å². The molecule has 10 heteroatoms. The van der Waals surface area contributed by atoms with E-state index in [2.05, 4.69) is 20.9 Å². The van der Waals surface area contributed by atoms with Crippen molar-refractivity contribution in [2.75, 3.05) is 6.61 Å². The predicted molar refractivity (Wildman–Crippen MR) is 95.9 cm³/mol. The maximum atomic E-state index is 12.7. The lowest BCUT2D eigenvalue weighted by atomic mass is 10.2. The lowest BCUT2D eigenvalue weighted by molar-refractivity contribution is -0.147. The number of fused-ring (bicyclic) bond motifs is 1. The first-order valence-electron chi connectivity index (χ1n) is 7.86. The maximum Gasteiger partial charge on any atom is 0.416 e. The Hall–Kier alpha value is -2.88. The third kappa shape index (κ3) is 4.89. The number of carbonyl (C=O) groups is 1. The molecule has 146 valence electrons.